The zero-order valence-electron chi connectivity index (χ0n) is 16.1. The lowest BCUT2D eigenvalue weighted by Gasteiger charge is -2.46. The van der Waals surface area contributed by atoms with E-state index in [9.17, 15) is 9.59 Å². The Balaban J connectivity index is 1.90. The summed E-state index contributed by atoms with van der Waals surface area (Å²) in [6.07, 6.45) is -0.642. The number of hydrogen-bond donors (Lipinski definition) is 0. The highest BCUT2D eigenvalue weighted by atomic mass is 35.5. The number of amides is 1. The van der Waals surface area contributed by atoms with Gasteiger partial charge in [-0.3, -0.25) is 14.6 Å². The second-order valence-corrected chi connectivity index (χ2v) is 7.11. The monoisotopic (exact) mass is 414 g/mol. The first kappa shape index (κ1) is 19.1. The summed E-state index contributed by atoms with van der Waals surface area (Å²) in [4.78, 5) is 24.9. The van der Waals surface area contributed by atoms with Crippen LogP contribution in [0, 0.1) is 0 Å². The molecule has 29 heavy (non-hydrogen) atoms. The first-order chi connectivity index (χ1) is 13.9. The number of likely N-dealkylation sites (N-methyl/N-ethyl adjacent to an activating group) is 1. The average Bonchev–Trinajstić information content (AvgIpc) is 3.15. The van der Waals surface area contributed by atoms with Crippen molar-refractivity contribution >= 4 is 34.8 Å². The van der Waals surface area contributed by atoms with E-state index in [0.717, 1.165) is 5.56 Å². The van der Waals surface area contributed by atoms with Gasteiger partial charge in [0.1, 0.15) is 0 Å². The van der Waals surface area contributed by atoms with Crippen molar-refractivity contribution in [3.05, 3.63) is 53.1 Å². The van der Waals surface area contributed by atoms with Crippen LogP contribution >= 0.6 is 11.6 Å². The molecular formula is C20H19ClN4O4. The van der Waals surface area contributed by atoms with Crippen molar-refractivity contribution in [2.75, 3.05) is 18.8 Å². The Hall–Kier alpha value is -3.26. The predicted octanol–water partition coefficient (Wildman–Crippen LogP) is 3.19. The fourth-order valence-corrected chi connectivity index (χ4v) is 3.55. The molecule has 2 aliphatic rings. The van der Waals surface area contributed by atoms with Crippen molar-refractivity contribution in [2.24, 2.45) is 5.10 Å². The first-order valence-corrected chi connectivity index (χ1v) is 9.32. The van der Waals surface area contributed by atoms with Gasteiger partial charge in [-0.1, -0.05) is 17.7 Å². The standard InChI is InChI=1S/C20H19ClN4O4/c1-12(26)19-22-24(16-7-5-15(21)6-8-16)20(25(13(2)27)23(19)3)14-4-9-17-18(10-14)29-11-28-17/h4-10,20H,11H2,1-3H3/t20-/m0/s1. The molecule has 0 saturated heterocycles. The molecule has 0 saturated carbocycles. The average molecular weight is 415 g/mol. The Morgan fingerprint density at radius 2 is 1.76 bits per heavy atom. The van der Waals surface area contributed by atoms with E-state index in [-0.39, 0.29) is 24.3 Å². The van der Waals surface area contributed by atoms with E-state index in [1.54, 1.807) is 42.4 Å². The number of hydrogen-bond acceptors (Lipinski definition) is 7. The number of benzene rings is 2. The normalized spacial score (nSPS) is 18.0. The molecule has 4 rings (SSSR count). The van der Waals surface area contributed by atoms with E-state index in [1.807, 2.05) is 12.1 Å². The molecule has 150 valence electrons. The number of anilines is 1. The van der Waals surface area contributed by atoms with Gasteiger partial charge in [0.2, 0.25) is 18.5 Å². The van der Waals surface area contributed by atoms with Crippen molar-refractivity contribution < 1.29 is 19.1 Å². The molecule has 0 spiro atoms. The molecular weight excluding hydrogens is 396 g/mol. The SMILES string of the molecule is CC(=O)C1=NN(c2ccc(Cl)cc2)[C@H](c2ccc3c(c2)OCO3)N(C(C)=O)N1C. The summed E-state index contributed by atoms with van der Waals surface area (Å²) in [5.74, 6) is 0.862. The molecule has 0 unspecified atom stereocenters. The number of ether oxygens (including phenoxy) is 2. The number of hydrazone groups is 1. The molecule has 2 heterocycles. The Bertz CT molecular complexity index is 1010. The molecule has 0 fully saturated rings. The number of amidine groups is 1. The van der Waals surface area contributed by atoms with Gasteiger partial charge in [-0.05, 0) is 36.4 Å². The highest BCUT2D eigenvalue weighted by molar-refractivity contribution is 6.38. The molecule has 2 aromatic carbocycles. The molecule has 1 atom stereocenters. The van der Waals surface area contributed by atoms with E-state index in [4.69, 9.17) is 21.1 Å². The van der Waals surface area contributed by atoms with E-state index >= 15 is 0 Å². The second-order valence-electron chi connectivity index (χ2n) is 6.67. The maximum absolute atomic E-state index is 12.6. The van der Waals surface area contributed by atoms with Crippen LogP contribution in [0.15, 0.2) is 47.6 Å². The Labute approximate surface area is 172 Å². The van der Waals surface area contributed by atoms with Crippen LogP contribution in [-0.4, -0.2) is 41.4 Å². The van der Waals surface area contributed by atoms with Crippen molar-refractivity contribution in [3.8, 4) is 11.5 Å². The van der Waals surface area contributed by atoms with Gasteiger partial charge in [0.15, 0.2) is 23.4 Å². The Morgan fingerprint density at radius 1 is 1.07 bits per heavy atom. The van der Waals surface area contributed by atoms with E-state index < -0.39 is 6.17 Å². The van der Waals surface area contributed by atoms with Crippen LogP contribution in [0.25, 0.3) is 0 Å². The summed E-state index contributed by atoms with van der Waals surface area (Å²) in [6, 6.07) is 12.5. The fourth-order valence-electron chi connectivity index (χ4n) is 3.42. The smallest absolute Gasteiger partial charge is 0.240 e. The maximum atomic E-state index is 12.6. The number of nitrogens with zero attached hydrogens (tertiary/aromatic N) is 4. The largest absolute Gasteiger partial charge is 0.454 e. The molecule has 0 aromatic heterocycles. The highest BCUT2D eigenvalue weighted by Gasteiger charge is 2.39. The number of carbonyl (C=O) groups is 2. The molecule has 0 aliphatic carbocycles. The van der Waals surface area contributed by atoms with E-state index in [2.05, 4.69) is 5.10 Å². The molecule has 8 nitrogen and oxygen atoms in total. The number of carbonyl (C=O) groups excluding carboxylic acids is 2. The third-order valence-corrected chi connectivity index (χ3v) is 4.97. The van der Waals surface area contributed by atoms with Crippen molar-refractivity contribution in [1.29, 1.82) is 0 Å². The van der Waals surface area contributed by atoms with Crippen LogP contribution in [0.2, 0.25) is 5.02 Å². The zero-order chi connectivity index (χ0) is 20.7. The Morgan fingerprint density at radius 3 is 2.41 bits per heavy atom. The summed E-state index contributed by atoms with van der Waals surface area (Å²) in [5.41, 5.74) is 1.42. The van der Waals surface area contributed by atoms with Crippen LogP contribution in [0.4, 0.5) is 5.69 Å². The van der Waals surface area contributed by atoms with Gasteiger partial charge in [0, 0.05) is 31.5 Å². The molecule has 1 amide bonds. The van der Waals surface area contributed by atoms with Gasteiger partial charge < -0.3 is 9.47 Å². The van der Waals surface area contributed by atoms with E-state index in [1.165, 1.54) is 23.9 Å². The van der Waals surface area contributed by atoms with Crippen LogP contribution in [-0.2, 0) is 9.59 Å². The number of hydrazine groups is 1. The van der Waals surface area contributed by atoms with Crippen molar-refractivity contribution in [1.82, 2.24) is 10.0 Å². The minimum atomic E-state index is -0.642. The van der Waals surface area contributed by atoms with Crippen LogP contribution < -0.4 is 14.5 Å². The predicted molar refractivity (Wildman–Crippen MR) is 108 cm³/mol. The van der Waals surface area contributed by atoms with Crippen LogP contribution in [0.3, 0.4) is 0 Å². The third-order valence-electron chi connectivity index (χ3n) is 4.72. The highest BCUT2D eigenvalue weighted by Crippen LogP contribution is 2.40. The maximum Gasteiger partial charge on any atom is 0.240 e. The number of fused-ring (bicyclic) bond motifs is 1. The first-order valence-electron chi connectivity index (χ1n) is 8.94. The van der Waals surface area contributed by atoms with Gasteiger partial charge in [0.25, 0.3) is 0 Å². The van der Waals surface area contributed by atoms with Gasteiger partial charge in [0.05, 0.1) is 5.69 Å². The van der Waals surface area contributed by atoms with Crippen molar-refractivity contribution in [2.45, 2.75) is 20.0 Å². The summed E-state index contributed by atoms with van der Waals surface area (Å²) >= 11 is 6.04. The lowest BCUT2D eigenvalue weighted by molar-refractivity contribution is -0.145. The summed E-state index contributed by atoms with van der Waals surface area (Å²) < 4.78 is 10.9. The molecule has 0 bridgehead atoms. The molecule has 0 radical (unpaired) electrons. The van der Waals surface area contributed by atoms with Crippen molar-refractivity contribution in [3.63, 3.8) is 0 Å². The molecule has 2 aliphatic heterocycles. The Kier molecular flexibility index (Phi) is 4.79. The van der Waals surface area contributed by atoms with Gasteiger partial charge in [-0.15, -0.1) is 5.10 Å². The summed E-state index contributed by atoms with van der Waals surface area (Å²) in [7, 11) is 1.64. The molecule has 9 heteroatoms. The lowest BCUT2D eigenvalue weighted by atomic mass is 10.1. The van der Waals surface area contributed by atoms with Gasteiger partial charge >= 0.3 is 0 Å². The quantitative estimate of drug-likeness (QED) is 0.767. The zero-order valence-corrected chi connectivity index (χ0v) is 16.9. The number of Topliss-reactive ketones (excluding diaryl/α,β-unsaturated/α-hetero) is 1. The minimum Gasteiger partial charge on any atom is -0.454 e. The summed E-state index contributed by atoms with van der Waals surface area (Å²) in [5, 5.41) is 9.73. The van der Waals surface area contributed by atoms with Gasteiger partial charge in [-0.25, -0.2) is 10.0 Å². The fraction of sp³-hybridized carbons (Fsp3) is 0.250. The second kappa shape index (κ2) is 7.29. The van der Waals surface area contributed by atoms with Crippen LogP contribution in [0.1, 0.15) is 25.6 Å². The topological polar surface area (TPSA) is 74.7 Å². The number of rotatable bonds is 3. The number of halogens is 1. The lowest BCUT2D eigenvalue weighted by Crippen LogP contribution is -2.58. The number of ketones is 1. The minimum absolute atomic E-state index is 0.146. The van der Waals surface area contributed by atoms with Gasteiger partial charge in [-0.2, -0.15) is 0 Å². The molecule has 0 N–H and O–H groups in total. The molecule has 2 aromatic rings. The van der Waals surface area contributed by atoms with E-state index in [0.29, 0.717) is 22.2 Å². The third kappa shape index (κ3) is 3.36. The van der Waals surface area contributed by atoms with Crippen LogP contribution in [0.5, 0.6) is 11.5 Å². The summed E-state index contributed by atoms with van der Waals surface area (Å²) in [6.45, 7) is 3.00.